The molecular weight excluding hydrogens is 341 g/mol. The van der Waals surface area contributed by atoms with Gasteiger partial charge in [0.2, 0.25) is 0 Å². The molecule has 0 fully saturated rings. The molecular formula is C19H17ClFN3O. The molecule has 1 aliphatic rings. The van der Waals surface area contributed by atoms with E-state index in [1.165, 1.54) is 6.07 Å². The molecule has 0 spiro atoms. The van der Waals surface area contributed by atoms with Crippen molar-refractivity contribution in [2.75, 3.05) is 6.54 Å². The molecule has 0 aromatic heterocycles. The molecule has 0 aliphatic carbocycles. The maximum absolute atomic E-state index is 13.8. The summed E-state index contributed by atoms with van der Waals surface area (Å²) in [5, 5.41) is 12.0. The van der Waals surface area contributed by atoms with Crippen LogP contribution in [0.15, 0.2) is 36.4 Å². The quantitative estimate of drug-likeness (QED) is 0.908. The van der Waals surface area contributed by atoms with E-state index in [9.17, 15) is 9.18 Å². The molecule has 0 radical (unpaired) electrons. The topological polar surface area (TPSA) is 56.1 Å². The predicted octanol–water partition coefficient (Wildman–Crippen LogP) is 3.81. The molecule has 0 atom stereocenters. The van der Waals surface area contributed by atoms with Gasteiger partial charge in [-0.3, -0.25) is 0 Å². The molecule has 0 saturated carbocycles. The van der Waals surface area contributed by atoms with Crippen molar-refractivity contribution in [3.63, 3.8) is 0 Å². The first kappa shape index (κ1) is 17.2. The number of urea groups is 1. The van der Waals surface area contributed by atoms with Crippen LogP contribution in [-0.4, -0.2) is 17.5 Å². The molecule has 2 aromatic carbocycles. The monoisotopic (exact) mass is 357 g/mol. The third-order valence-electron chi connectivity index (χ3n) is 4.36. The summed E-state index contributed by atoms with van der Waals surface area (Å²) >= 11 is 5.73. The van der Waals surface area contributed by atoms with Crippen LogP contribution in [0.5, 0.6) is 0 Å². The number of nitrogens with zero attached hydrogens (tertiary/aromatic N) is 2. The third kappa shape index (κ3) is 3.92. The van der Waals surface area contributed by atoms with Gasteiger partial charge in [0.1, 0.15) is 5.82 Å². The van der Waals surface area contributed by atoms with Crippen molar-refractivity contribution in [2.45, 2.75) is 25.9 Å². The van der Waals surface area contributed by atoms with Gasteiger partial charge in [0.05, 0.1) is 12.5 Å². The number of halogens is 2. The number of nitrogens with one attached hydrogen (secondary N) is 1. The number of rotatable bonds is 3. The van der Waals surface area contributed by atoms with Gasteiger partial charge in [-0.2, -0.15) is 5.26 Å². The van der Waals surface area contributed by atoms with Crippen molar-refractivity contribution in [1.82, 2.24) is 10.2 Å². The lowest BCUT2D eigenvalue weighted by Gasteiger charge is -2.30. The molecule has 4 nitrogen and oxygen atoms in total. The van der Waals surface area contributed by atoms with E-state index in [0.29, 0.717) is 30.1 Å². The summed E-state index contributed by atoms with van der Waals surface area (Å²) in [6, 6.07) is 12.2. The summed E-state index contributed by atoms with van der Waals surface area (Å²) < 4.78 is 13.8. The van der Waals surface area contributed by atoms with Crippen molar-refractivity contribution in [3.05, 3.63) is 69.5 Å². The molecule has 1 heterocycles. The van der Waals surface area contributed by atoms with E-state index in [1.807, 2.05) is 18.2 Å². The van der Waals surface area contributed by atoms with Crippen molar-refractivity contribution in [3.8, 4) is 6.07 Å². The van der Waals surface area contributed by atoms with Crippen molar-refractivity contribution >= 4 is 17.6 Å². The van der Waals surface area contributed by atoms with Gasteiger partial charge in [-0.05, 0) is 35.2 Å². The molecule has 0 unspecified atom stereocenters. The molecule has 1 aliphatic heterocycles. The smallest absolute Gasteiger partial charge is 0.317 e. The first-order valence-electron chi connectivity index (χ1n) is 8.02. The van der Waals surface area contributed by atoms with Crippen LogP contribution >= 0.6 is 11.6 Å². The zero-order valence-electron chi connectivity index (χ0n) is 13.6. The van der Waals surface area contributed by atoms with Crippen LogP contribution in [0, 0.1) is 17.1 Å². The van der Waals surface area contributed by atoms with E-state index in [0.717, 1.165) is 23.1 Å². The highest BCUT2D eigenvalue weighted by molar-refractivity contribution is 6.30. The van der Waals surface area contributed by atoms with Crippen LogP contribution in [0.2, 0.25) is 5.02 Å². The molecule has 0 saturated heterocycles. The Morgan fingerprint density at radius 3 is 2.92 bits per heavy atom. The zero-order valence-corrected chi connectivity index (χ0v) is 14.3. The van der Waals surface area contributed by atoms with Crippen LogP contribution in [-0.2, 0) is 25.9 Å². The lowest BCUT2D eigenvalue weighted by atomic mass is 9.93. The third-order valence-corrected chi connectivity index (χ3v) is 4.60. The van der Waals surface area contributed by atoms with E-state index in [2.05, 4.69) is 11.4 Å². The minimum absolute atomic E-state index is 0.111. The van der Waals surface area contributed by atoms with Gasteiger partial charge in [-0.1, -0.05) is 35.9 Å². The van der Waals surface area contributed by atoms with Crippen molar-refractivity contribution < 1.29 is 9.18 Å². The van der Waals surface area contributed by atoms with Gasteiger partial charge in [0, 0.05) is 30.2 Å². The Morgan fingerprint density at radius 2 is 2.16 bits per heavy atom. The Kier molecular flexibility index (Phi) is 5.20. The van der Waals surface area contributed by atoms with Gasteiger partial charge < -0.3 is 10.2 Å². The number of hydrogen-bond acceptors (Lipinski definition) is 2. The van der Waals surface area contributed by atoms with E-state index >= 15 is 0 Å². The number of amides is 2. The van der Waals surface area contributed by atoms with Gasteiger partial charge in [0.15, 0.2) is 0 Å². The summed E-state index contributed by atoms with van der Waals surface area (Å²) in [7, 11) is 0. The van der Waals surface area contributed by atoms with Gasteiger partial charge >= 0.3 is 6.03 Å². The number of carbonyl (C=O) groups is 1. The van der Waals surface area contributed by atoms with Crippen molar-refractivity contribution in [2.24, 2.45) is 0 Å². The Labute approximate surface area is 150 Å². The molecule has 25 heavy (non-hydrogen) atoms. The average molecular weight is 358 g/mol. The van der Waals surface area contributed by atoms with Crippen LogP contribution in [0.4, 0.5) is 9.18 Å². The minimum Gasteiger partial charge on any atom is -0.334 e. The van der Waals surface area contributed by atoms with Crippen LogP contribution in [0.25, 0.3) is 0 Å². The fourth-order valence-electron chi connectivity index (χ4n) is 3.06. The van der Waals surface area contributed by atoms with Crippen LogP contribution in [0.1, 0.15) is 22.3 Å². The number of fused-ring (bicyclic) bond motifs is 1. The minimum atomic E-state index is -0.432. The Morgan fingerprint density at radius 1 is 1.32 bits per heavy atom. The lowest BCUT2D eigenvalue weighted by molar-refractivity contribution is 0.191. The number of carbonyl (C=O) groups excluding carboxylic acids is 1. The summed E-state index contributed by atoms with van der Waals surface area (Å²) in [6.45, 7) is 1.17. The standard InChI is InChI=1S/C19H17ClFN3O/c20-16-5-4-14(18(21)10-16)11-23-19(25)24-9-7-17-13(6-8-22)2-1-3-15(17)12-24/h1-5,10H,6-7,9,11-12H2,(H,23,25). The Balaban J connectivity index is 1.65. The summed E-state index contributed by atoms with van der Waals surface area (Å²) in [5.74, 6) is -0.432. The number of hydrogen-bond donors (Lipinski definition) is 1. The molecule has 3 rings (SSSR count). The molecule has 1 N–H and O–H groups in total. The predicted molar refractivity (Wildman–Crippen MR) is 93.5 cm³/mol. The fourth-order valence-corrected chi connectivity index (χ4v) is 3.22. The van der Waals surface area contributed by atoms with E-state index in [-0.39, 0.29) is 12.6 Å². The van der Waals surface area contributed by atoms with E-state index in [1.54, 1.807) is 17.0 Å². The number of nitriles is 1. The second-order valence-corrected chi connectivity index (χ2v) is 6.39. The van der Waals surface area contributed by atoms with E-state index < -0.39 is 5.82 Å². The van der Waals surface area contributed by atoms with Gasteiger partial charge in [-0.25, -0.2) is 9.18 Å². The SMILES string of the molecule is N#CCc1cccc2c1CCN(C(=O)NCc1ccc(Cl)cc1F)C2. The highest BCUT2D eigenvalue weighted by Gasteiger charge is 2.22. The lowest BCUT2D eigenvalue weighted by Crippen LogP contribution is -2.42. The molecule has 6 heteroatoms. The average Bonchev–Trinajstić information content (AvgIpc) is 2.61. The first-order chi connectivity index (χ1) is 12.1. The zero-order chi connectivity index (χ0) is 17.8. The fraction of sp³-hybridized carbons (Fsp3) is 0.263. The summed E-state index contributed by atoms with van der Waals surface area (Å²) in [6.07, 6.45) is 1.10. The molecule has 2 aromatic rings. The van der Waals surface area contributed by atoms with Gasteiger partial charge in [-0.15, -0.1) is 0 Å². The summed E-state index contributed by atoms with van der Waals surface area (Å²) in [5.41, 5.74) is 3.65. The molecule has 2 amide bonds. The van der Waals surface area contributed by atoms with Crippen LogP contribution in [0.3, 0.4) is 0 Å². The van der Waals surface area contributed by atoms with Gasteiger partial charge in [0.25, 0.3) is 0 Å². The largest absolute Gasteiger partial charge is 0.334 e. The van der Waals surface area contributed by atoms with Crippen molar-refractivity contribution in [1.29, 1.82) is 5.26 Å². The highest BCUT2D eigenvalue weighted by Crippen LogP contribution is 2.23. The molecule has 0 bridgehead atoms. The van der Waals surface area contributed by atoms with E-state index in [4.69, 9.17) is 16.9 Å². The Hall–Kier alpha value is -2.58. The first-order valence-corrected chi connectivity index (χ1v) is 8.39. The van der Waals surface area contributed by atoms with Crippen LogP contribution < -0.4 is 5.32 Å². The second kappa shape index (κ2) is 7.54. The normalized spacial score (nSPS) is 13.1. The number of benzene rings is 2. The maximum Gasteiger partial charge on any atom is 0.317 e. The second-order valence-electron chi connectivity index (χ2n) is 5.96. The summed E-state index contributed by atoms with van der Waals surface area (Å²) in [4.78, 5) is 14.1. The Bertz CT molecular complexity index is 847. The molecule has 128 valence electrons. The maximum atomic E-state index is 13.8. The highest BCUT2D eigenvalue weighted by atomic mass is 35.5.